The maximum atomic E-state index is 13.4. The monoisotopic (exact) mass is 483 g/mol. The summed E-state index contributed by atoms with van der Waals surface area (Å²) in [6.07, 6.45) is 0. The average molecular weight is 484 g/mol. The van der Waals surface area contributed by atoms with Gasteiger partial charge in [0.1, 0.15) is 5.82 Å². The fourth-order valence-electron chi connectivity index (χ4n) is 2.98. The van der Waals surface area contributed by atoms with E-state index in [4.69, 9.17) is 23.2 Å². The molecule has 7 nitrogen and oxygen atoms in total. The summed E-state index contributed by atoms with van der Waals surface area (Å²) in [4.78, 5) is 24.9. The predicted molar refractivity (Wildman–Crippen MR) is 127 cm³/mol. The van der Waals surface area contributed by atoms with Crippen molar-refractivity contribution >= 4 is 52.3 Å². The second-order valence-electron chi connectivity index (χ2n) is 6.92. The van der Waals surface area contributed by atoms with E-state index in [1.165, 1.54) is 24.3 Å². The Balaban J connectivity index is 1.40. The van der Waals surface area contributed by atoms with E-state index in [9.17, 15) is 14.0 Å². The third-order valence-corrected chi connectivity index (χ3v) is 5.25. The fourth-order valence-corrected chi connectivity index (χ4v) is 3.28. The molecule has 0 spiro atoms. The van der Waals surface area contributed by atoms with Gasteiger partial charge in [0.25, 0.3) is 5.91 Å². The van der Waals surface area contributed by atoms with Gasteiger partial charge in [0.05, 0.1) is 15.7 Å². The Hall–Kier alpha value is -3.88. The smallest absolute Gasteiger partial charge is 0.308 e. The van der Waals surface area contributed by atoms with E-state index in [0.717, 1.165) is 0 Å². The highest BCUT2D eigenvalue weighted by atomic mass is 35.5. The number of hydrogen-bond acceptors (Lipinski definition) is 3. The zero-order valence-corrected chi connectivity index (χ0v) is 18.3. The molecule has 33 heavy (non-hydrogen) atoms. The Morgan fingerprint density at radius 2 is 1.58 bits per heavy atom. The second-order valence-corrected chi connectivity index (χ2v) is 7.73. The van der Waals surface area contributed by atoms with Crippen LogP contribution in [0.2, 0.25) is 10.0 Å². The van der Waals surface area contributed by atoms with Gasteiger partial charge in [-0.2, -0.15) is 5.10 Å². The molecule has 1 aromatic heterocycles. The van der Waals surface area contributed by atoms with Gasteiger partial charge in [-0.25, -0.2) is 9.18 Å². The number of H-pyrrole nitrogens is 1. The lowest BCUT2D eigenvalue weighted by Gasteiger charge is -2.09. The van der Waals surface area contributed by atoms with Crippen molar-refractivity contribution in [3.63, 3.8) is 0 Å². The van der Waals surface area contributed by atoms with Gasteiger partial charge in [-0.15, -0.1) is 0 Å². The summed E-state index contributed by atoms with van der Waals surface area (Å²) < 4.78 is 13.4. The minimum atomic E-state index is -0.516. The fraction of sp³-hybridized carbons (Fsp3) is 0. The Morgan fingerprint density at radius 1 is 0.818 bits per heavy atom. The third kappa shape index (κ3) is 5.68. The Morgan fingerprint density at radius 3 is 2.33 bits per heavy atom. The van der Waals surface area contributed by atoms with Gasteiger partial charge in [-0.3, -0.25) is 9.89 Å². The Bertz CT molecular complexity index is 1340. The van der Waals surface area contributed by atoms with Crippen molar-refractivity contribution in [2.75, 3.05) is 16.0 Å². The van der Waals surface area contributed by atoms with Crippen LogP contribution in [0, 0.1) is 5.82 Å². The SMILES string of the molecule is O=C(Nc1cccc(C(=O)Nc2cc(-c3cccc(F)c3)[nH]n2)c1)Nc1ccc(Cl)c(Cl)c1. The van der Waals surface area contributed by atoms with Crippen LogP contribution in [-0.2, 0) is 0 Å². The van der Waals surface area contributed by atoms with Crippen molar-refractivity contribution < 1.29 is 14.0 Å². The average Bonchev–Trinajstić information content (AvgIpc) is 3.25. The first-order valence-electron chi connectivity index (χ1n) is 9.63. The van der Waals surface area contributed by atoms with Gasteiger partial charge in [-0.1, -0.05) is 41.4 Å². The number of carbonyl (C=O) groups excluding carboxylic acids is 2. The molecule has 0 unspecified atom stereocenters. The van der Waals surface area contributed by atoms with E-state index in [0.29, 0.717) is 38.2 Å². The summed E-state index contributed by atoms with van der Waals surface area (Å²) in [6.45, 7) is 0. The van der Waals surface area contributed by atoms with Crippen LogP contribution in [-0.4, -0.2) is 22.1 Å². The van der Waals surface area contributed by atoms with Crippen LogP contribution in [0.15, 0.2) is 72.8 Å². The van der Waals surface area contributed by atoms with Gasteiger partial charge in [-0.05, 0) is 48.5 Å². The largest absolute Gasteiger partial charge is 0.323 e. The number of benzene rings is 3. The van der Waals surface area contributed by atoms with Crippen molar-refractivity contribution in [2.45, 2.75) is 0 Å². The van der Waals surface area contributed by atoms with Gasteiger partial charge in [0.2, 0.25) is 0 Å². The lowest BCUT2D eigenvalue weighted by atomic mass is 10.1. The molecule has 0 aliphatic rings. The maximum Gasteiger partial charge on any atom is 0.323 e. The number of amides is 3. The normalized spacial score (nSPS) is 10.5. The quantitative estimate of drug-likeness (QED) is 0.263. The summed E-state index contributed by atoms with van der Waals surface area (Å²) in [5, 5.41) is 15.4. The van der Waals surface area contributed by atoms with E-state index in [1.54, 1.807) is 48.5 Å². The third-order valence-electron chi connectivity index (χ3n) is 4.52. The van der Waals surface area contributed by atoms with Crippen LogP contribution in [0.4, 0.5) is 26.4 Å². The molecule has 0 atom stereocenters. The van der Waals surface area contributed by atoms with E-state index >= 15 is 0 Å². The number of urea groups is 1. The van der Waals surface area contributed by atoms with Gasteiger partial charge >= 0.3 is 6.03 Å². The molecule has 0 aliphatic heterocycles. The molecule has 4 N–H and O–H groups in total. The lowest BCUT2D eigenvalue weighted by molar-refractivity contribution is 0.102. The molecule has 0 fully saturated rings. The number of nitrogens with one attached hydrogen (secondary N) is 4. The molecule has 166 valence electrons. The molecule has 0 saturated carbocycles. The number of halogens is 3. The van der Waals surface area contributed by atoms with Crippen molar-refractivity contribution in [3.05, 3.63) is 94.2 Å². The molecule has 1 heterocycles. The standard InChI is InChI=1S/C23H16Cl2FN5O2/c24-18-8-7-17(11-19(18)25)28-23(33)27-16-6-2-4-14(10-16)22(32)29-21-12-20(30-31-21)13-3-1-5-15(26)9-13/h1-12H,(H2,27,28,33)(H2,29,30,31,32). The number of aromatic nitrogens is 2. The maximum absolute atomic E-state index is 13.4. The second kappa shape index (κ2) is 9.72. The molecular formula is C23H16Cl2FN5O2. The van der Waals surface area contributed by atoms with Crippen LogP contribution in [0.25, 0.3) is 11.3 Å². The number of carbonyl (C=O) groups is 2. The molecular weight excluding hydrogens is 468 g/mol. The molecule has 3 amide bonds. The Labute approximate surface area is 197 Å². The van der Waals surface area contributed by atoms with Crippen molar-refractivity contribution in [3.8, 4) is 11.3 Å². The van der Waals surface area contributed by atoms with Crippen LogP contribution < -0.4 is 16.0 Å². The molecule has 3 aromatic carbocycles. The van der Waals surface area contributed by atoms with Crippen LogP contribution in [0.1, 0.15) is 10.4 Å². The Kier molecular flexibility index (Phi) is 6.58. The zero-order chi connectivity index (χ0) is 23.4. The molecule has 0 radical (unpaired) electrons. The van der Waals surface area contributed by atoms with Gasteiger partial charge in [0.15, 0.2) is 5.82 Å². The highest BCUT2D eigenvalue weighted by molar-refractivity contribution is 6.42. The summed E-state index contributed by atoms with van der Waals surface area (Å²) in [6, 6.07) is 18.2. The first-order valence-corrected chi connectivity index (χ1v) is 10.4. The minimum Gasteiger partial charge on any atom is -0.308 e. The van der Waals surface area contributed by atoms with Crippen molar-refractivity contribution in [1.82, 2.24) is 10.2 Å². The molecule has 4 aromatic rings. The van der Waals surface area contributed by atoms with Gasteiger partial charge in [0, 0.05) is 28.6 Å². The summed E-state index contributed by atoms with van der Waals surface area (Å²) >= 11 is 11.8. The summed E-state index contributed by atoms with van der Waals surface area (Å²) in [7, 11) is 0. The number of anilines is 3. The molecule has 10 heteroatoms. The first kappa shape index (κ1) is 22.3. The van der Waals surface area contributed by atoms with Crippen molar-refractivity contribution in [2.24, 2.45) is 0 Å². The molecule has 0 saturated heterocycles. The molecule has 4 rings (SSSR count). The predicted octanol–water partition coefficient (Wildman–Crippen LogP) is 6.42. The lowest BCUT2D eigenvalue weighted by Crippen LogP contribution is -2.20. The topological polar surface area (TPSA) is 98.9 Å². The van der Waals surface area contributed by atoms with Crippen LogP contribution in [0.3, 0.4) is 0 Å². The minimum absolute atomic E-state index is 0.273. The van der Waals surface area contributed by atoms with E-state index in [1.807, 2.05) is 0 Å². The number of rotatable bonds is 5. The number of nitrogens with zero attached hydrogens (tertiary/aromatic N) is 1. The first-order chi connectivity index (χ1) is 15.9. The van der Waals surface area contributed by atoms with Crippen molar-refractivity contribution in [1.29, 1.82) is 0 Å². The van der Waals surface area contributed by atoms with Gasteiger partial charge < -0.3 is 16.0 Å². The van der Waals surface area contributed by atoms with E-state index < -0.39 is 11.9 Å². The summed E-state index contributed by atoms with van der Waals surface area (Å²) in [5.74, 6) is -0.531. The number of aromatic amines is 1. The van der Waals surface area contributed by atoms with Crippen LogP contribution >= 0.6 is 23.2 Å². The molecule has 0 bridgehead atoms. The zero-order valence-electron chi connectivity index (χ0n) is 16.8. The summed E-state index contributed by atoms with van der Waals surface area (Å²) in [5.41, 5.74) is 2.32. The highest BCUT2D eigenvalue weighted by Gasteiger charge is 2.12. The van der Waals surface area contributed by atoms with Crippen LogP contribution in [0.5, 0.6) is 0 Å². The molecule has 0 aliphatic carbocycles. The van der Waals surface area contributed by atoms with E-state index in [-0.39, 0.29) is 11.6 Å². The van der Waals surface area contributed by atoms with E-state index in [2.05, 4.69) is 26.1 Å². The highest BCUT2D eigenvalue weighted by Crippen LogP contribution is 2.25. The number of hydrogen-bond donors (Lipinski definition) is 4.